The fourth-order valence-corrected chi connectivity index (χ4v) is 3.96. The first-order valence-electron chi connectivity index (χ1n) is 10.5. The number of amides is 1. The SMILES string of the molecule is C/C=C/c1cnc(-c2cccnc2)nc1C1CCN(C(=O)Cc2ccccc2)CC1. The van der Waals surface area contributed by atoms with E-state index in [4.69, 9.17) is 4.98 Å². The molecule has 0 bridgehead atoms. The summed E-state index contributed by atoms with van der Waals surface area (Å²) in [6.45, 7) is 3.53. The van der Waals surface area contributed by atoms with Crippen LogP contribution in [0.15, 0.2) is 67.1 Å². The first kappa shape index (κ1) is 20.0. The van der Waals surface area contributed by atoms with Crippen LogP contribution in [-0.4, -0.2) is 38.8 Å². The maximum atomic E-state index is 12.7. The lowest BCUT2D eigenvalue weighted by atomic mass is 9.90. The Bertz CT molecular complexity index is 1010. The first-order chi connectivity index (χ1) is 14.7. The first-order valence-corrected chi connectivity index (χ1v) is 10.5. The molecule has 0 radical (unpaired) electrons. The van der Waals surface area contributed by atoms with Crippen LogP contribution in [-0.2, 0) is 11.2 Å². The molecule has 4 rings (SSSR count). The van der Waals surface area contributed by atoms with Gasteiger partial charge in [-0.1, -0.05) is 42.5 Å². The Balaban J connectivity index is 1.48. The molecule has 1 amide bonds. The fourth-order valence-electron chi connectivity index (χ4n) is 3.96. The predicted octanol–water partition coefficient (Wildman–Crippen LogP) is 4.52. The van der Waals surface area contributed by atoms with Crippen LogP contribution in [0.5, 0.6) is 0 Å². The quantitative estimate of drug-likeness (QED) is 0.634. The van der Waals surface area contributed by atoms with Gasteiger partial charge in [-0.25, -0.2) is 9.97 Å². The normalized spacial score (nSPS) is 14.9. The van der Waals surface area contributed by atoms with E-state index in [1.807, 2.05) is 66.6 Å². The standard InChI is InChI=1S/C25H26N4O/c1-2-7-21-18-27-25(22-10-6-13-26-17-22)28-24(21)20-11-14-29(15-12-20)23(30)16-19-8-4-3-5-9-19/h2-10,13,17-18,20H,11-12,14-16H2,1H3/b7-2+. The minimum atomic E-state index is 0.201. The highest BCUT2D eigenvalue weighted by atomic mass is 16.2. The second-order valence-electron chi connectivity index (χ2n) is 7.59. The fraction of sp³-hybridized carbons (Fsp3) is 0.280. The molecule has 1 fully saturated rings. The number of carbonyl (C=O) groups is 1. The van der Waals surface area contributed by atoms with Crippen LogP contribution >= 0.6 is 0 Å². The molecule has 152 valence electrons. The Morgan fingerprint density at radius 1 is 1.10 bits per heavy atom. The molecule has 0 spiro atoms. The van der Waals surface area contributed by atoms with Gasteiger partial charge in [0.15, 0.2) is 5.82 Å². The number of allylic oxidation sites excluding steroid dienone is 1. The van der Waals surface area contributed by atoms with Crippen molar-refractivity contribution in [2.24, 2.45) is 0 Å². The van der Waals surface area contributed by atoms with Gasteiger partial charge in [-0.05, 0) is 37.5 Å². The number of pyridine rings is 1. The molecule has 5 heteroatoms. The van der Waals surface area contributed by atoms with Crippen molar-refractivity contribution >= 4 is 12.0 Å². The van der Waals surface area contributed by atoms with Crippen LogP contribution in [0.3, 0.4) is 0 Å². The summed E-state index contributed by atoms with van der Waals surface area (Å²) in [4.78, 5) is 28.3. The van der Waals surface area contributed by atoms with Gasteiger partial charge >= 0.3 is 0 Å². The molecule has 3 aromatic rings. The molecular weight excluding hydrogens is 372 g/mol. The Labute approximate surface area is 177 Å². The zero-order valence-corrected chi connectivity index (χ0v) is 17.2. The smallest absolute Gasteiger partial charge is 0.226 e. The summed E-state index contributed by atoms with van der Waals surface area (Å²) in [5.74, 6) is 1.22. The lowest BCUT2D eigenvalue weighted by Crippen LogP contribution is -2.39. The highest BCUT2D eigenvalue weighted by Gasteiger charge is 2.26. The van der Waals surface area contributed by atoms with Gasteiger partial charge in [0.05, 0.1) is 12.1 Å². The van der Waals surface area contributed by atoms with Crippen molar-refractivity contribution in [1.29, 1.82) is 0 Å². The van der Waals surface area contributed by atoms with E-state index in [-0.39, 0.29) is 5.91 Å². The molecule has 0 atom stereocenters. The number of carbonyl (C=O) groups excluding carboxylic acids is 1. The molecule has 5 nitrogen and oxygen atoms in total. The Morgan fingerprint density at radius 3 is 2.60 bits per heavy atom. The third-order valence-corrected chi connectivity index (χ3v) is 5.55. The Morgan fingerprint density at radius 2 is 1.90 bits per heavy atom. The van der Waals surface area contributed by atoms with Gasteiger partial charge in [0.25, 0.3) is 0 Å². The summed E-state index contributed by atoms with van der Waals surface area (Å²) in [5, 5.41) is 0. The van der Waals surface area contributed by atoms with Crippen LogP contribution in [0.2, 0.25) is 0 Å². The zero-order chi connectivity index (χ0) is 20.8. The van der Waals surface area contributed by atoms with E-state index < -0.39 is 0 Å². The maximum Gasteiger partial charge on any atom is 0.226 e. The van der Waals surface area contributed by atoms with Crippen molar-refractivity contribution in [3.8, 4) is 11.4 Å². The molecule has 1 aliphatic rings. The summed E-state index contributed by atoms with van der Waals surface area (Å²) in [5.41, 5.74) is 4.11. The highest BCUT2D eigenvalue weighted by molar-refractivity contribution is 5.78. The molecule has 30 heavy (non-hydrogen) atoms. The van der Waals surface area contributed by atoms with Gasteiger partial charge in [0.1, 0.15) is 0 Å². The lowest BCUT2D eigenvalue weighted by molar-refractivity contribution is -0.131. The van der Waals surface area contributed by atoms with E-state index in [0.29, 0.717) is 18.2 Å². The van der Waals surface area contributed by atoms with E-state index in [1.165, 1.54) is 0 Å². The number of hydrogen-bond donors (Lipinski definition) is 0. The molecule has 0 unspecified atom stereocenters. The second kappa shape index (κ2) is 9.44. The average Bonchev–Trinajstić information content (AvgIpc) is 2.81. The van der Waals surface area contributed by atoms with Crippen LogP contribution in [0.1, 0.15) is 42.5 Å². The maximum absolute atomic E-state index is 12.7. The molecule has 1 aromatic carbocycles. The molecule has 2 aromatic heterocycles. The number of benzene rings is 1. The summed E-state index contributed by atoms with van der Waals surface area (Å²) in [7, 11) is 0. The van der Waals surface area contributed by atoms with Crippen molar-refractivity contribution in [1.82, 2.24) is 19.9 Å². The molecule has 0 N–H and O–H groups in total. The number of piperidine rings is 1. The molecule has 3 heterocycles. The molecule has 1 saturated heterocycles. The van der Waals surface area contributed by atoms with Crippen molar-refractivity contribution in [3.05, 3.63) is 84.0 Å². The summed E-state index contributed by atoms with van der Waals surface area (Å²) in [6.07, 6.45) is 11.8. The van der Waals surface area contributed by atoms with Crippen LogP contribution < -0.4 is 0 Å². The van der Waals surface area contributed by atoms with Gasteiger partial charge in [0.2, 0.25) is 5.91 Å². The summed E-state index contributed by atoms with van der Waals surface area (Å²) in [6, 6.07) is 13.8. The number of rotatable bonds is 5. The van der Waals surface area contributed by atoms with Gasteiger partial charge < -0.3 is 4.90 Å². The van der Waals surface area contributed by atoms with Crippen molar-refractivity contribution < 1.29 is 4.79 Å². The molecule has 0 saturated carbocycles. The van der Waals surface area contributed by atoms with Gasteiger partial charge in [-0.3, -0.25) is 9.78 Å². The average molecular weight is 399 g/mol. The lowest BCUT2D eigenvalue weighted by Gasteiger charge is -2.32. The Kier molecular flexibility index (Phi) is 6.28. The molecule has 0 aliphatic carbocycles. The third-order valence-electron chi connectivity index (χ3n) is 5.55. The van der Waals surface area contributed by atoms with Gasteiger partial charge in [0, 0.05) is 48.7 Å². The van der Waals surface area contributed by atoms with Crippen molar-refractivity contribution in [3.63, 3.8) is 0 Å². The summed E-state index contributed by atoms with van der Waals surface area (Å²) < 4.78 is 0. The van der Waals surface area contributed by atoms with Crippen LogP contribution in [0.4, 0.5) is 0 Å². The predicted molar refractivity (Wildman–Crippen MR) is 119 cm³/mol. The van der Waals surface area contributed by atoms with Gasteiger partial charge in [-0.2, -0.15) is 0 Å². The van der Waals surface area contributed by atoms with Gasteiger partial charge in [-0.15, -0.1) is 0 Å². The van der Waals surface area contributed by atoms with E-state index in [0.717, 1.165) is 48.3 Å². The minimum absolute atomic E-state index is 0.201. The van der Waals surface area contributed by atoms with Crippen LogP contribution in [0.25, 0.3) is 17.5 Å². The third kappa shape index (κ3) is 4.62. The summed E-state index contributed by atoms with van der Waals surface area (Å²) >= 11 is 0. The number of likely N-dealkylation sites (tertiary alicyclic amines) is 1. The molecular formula is C25H26N4O. The number of aromatic nitrogens is 3. The van der Waals surface area contributed by atoms with E-state index in [2.05, 4.69) is 16.0 Å². The topological polar surface area (TPSA) is 59.0 Å². The monoisotopic (exact) mass is 398 g/mol. The number of nitrogens with zero attached hydrogens (tertiary/aromatic N) is 4. The largest absolute Gasteiger partial charge is 0.342 e. The van der Waals surface area contributed by atoms with E-state index >= 15 is 0 Å². The minimum Gasteiger partial charge on any atom is -0.342 e. The molecule has 1 aliphatic heterocycles. The van der Waals surface area contributed by atoms with E-state index in [1.54, 1.807) is 12.4 Å². The van der Waals surface area contributed by atoms with Crippen molar-refractivity contribution in [2.45, 2.75) is 32.1 Å². The van der Waals surface area contributed by atoms with Crippen LogP contribution in [0, 0.1) is 0 Å². The van der Waals surface area contributed by atoms with E-state index in [9.17, 15) is 4.79 Å². The zero-order valence-electron chi connectivity index (χ0n) is 17.2. The highest BCUT2D eigenvalue weighted by Crippen LogP contribution is 2.31. The van der Waals surface area contributed by atoms with Crippen molar-refractivity contribution in [2.75, 3.05) is 13.1 Å². The number of hydrogen-bond acceptors (Lipinski definition) is 4. The second-order valence-corrected chi connectivity index (χ2v) is 7.59. The Hall–Kier alpha value is -3.34.